The van der Waals surface area contributed by atoms with E-state index in [4.69, 9.17) is 9.72 Å². The van der Waals surface area contributed by atoms with Crippen molar-refractivity contribution in [1.82, 2.24) is 14.5 Å². The Bertz CT molecular complexity index is 1410. The Hall–Kier alpha value is -3.45. The second kappa shape index (κ2) is 11.1. The van der Waals surface area contributed by atoms with Crippen LogP contribution < -0.4 is 10.3 Å². The minimum atomic E-state index is -0.432. The van der Waals surface area contributed by atoms with Crippen LogP contribution in [0.3, 0.4) is 0 Å². The third kappa shape index (κ3) is 5.36. The van der Waals surface area contributed by atoms with Gasteiger partial charge in [0.2, 0.25) is 5.91 Å². The molecule has 7 heteroatoms. The molecule has 1 unspecified atom stereocenters. The molecule has 0 spiro atoms. The number of rotatable bonds is 9. The van der Waals surface area contributed by atoms with Crippen LogP contribution in [0.4, 0.5) is 0 Å². The second-order valence-corrected chi connectivity index (χ2v) is 10.5. The first-order valence-electron chi connectivity index (χ1n) is 12.3. The first kappa shape index (κ1) is 25.6. The summed E-state index contributed by atoms with van der Waals surface area (Å²) in [6, 6.07) is 16.6. The molecule has 2 aromatic carbocycles. The normalized spacial score (nSPS) is 12.2. The Kier molecular flexibility index (Phi) is 7.89. The summed E-state index contributed by atoms with van der Waals surface area (Å²) in [5.41, 5.74) is 2.05. The number of carbonyl (C=O) groups is 1. The molecule has 188 valence electrons. The Morgan fingerprint density at radius 1 is 1.11 bits per heavy atom. The first-order valence-corrected chi connectivity index (χ1v) is 13.2. The summed E-state index contributed by atoms with van der Waals surface area (Å²) in [5.74, 6) is 1.55. The third-order valence-corrected chi connectivity index (χ3v) is 7.27. The van der Waals surface area contributed by atoms with Crippen molar-refractivity contribution in [1.29, 1.82) is 0 Å². The van der Waals surface area contributed by atoms with Gasteiger partial charge in [0.05, 0.1) is 36.2 Å². The fourth-order valence-corrected chi connectivity index (χ4v) is 5.07. The lowest BCUT2D eigenvalue weighted by molar-refractivity contribution is -0.133. The zero-order valence-corrected chi connectivity index (χ0v) is 22.3. The van der Waals surface area contributed by atoms with E-state index >= 15 is 0 Å². The van der Waals surface area contributed by atoms with Gasteiger partial charge in [0, 0.05) is 11.4 Å². The van der Waals surface area contributed by atoms with Crippen LogP contribution in [-0.4, -0.2) is 34.0 Å². The maximum absolute atomic E-state index is 13.9. The lowest BCUT2D eigenvalue weighted by Gasteiger charge is -2.31. The van der Waals surface area contributed by atoms with Crippen molar-refractivity contribution in [2.45, 2.75) is 46.6 Å². The van der Waals surface area contributed by atoms with Crippen molar-refractivity contribution < 1.29 is 9.53 Å². The summed E-state index contributed by atoms with van der Waals surface area (Å²) in [5, 5.41) is 2.51. The number of amides is 1. The first-order chi connectivity index (χ1) is 17.3. The van der Waals surface area contributed by atoms with Crippen molar-refractivity contribution in [2.24, 2.45) is 5.92 Å². The Balaban J connectivity index is 1.90. The summed E-state index contributed by atoms with van der Waals surface area (Å²) < 4.78 is 7.27. The average molecular weight is 504 g/mol. The quantitative estimate of drug-likeness (QED) is 0.283. The van der Waals surface area contributed by atoms with Gasteiger partial charge < -0.3 is 9.64 Å². The number of thiophene rings is 1. The highest BCUT2D eigenvalue weighted by atomic mass is 32.1. The largest absolute Gasteiger partial charge is 0.495 e. The minimum Gasteiger partial charge on any atom is -0.495 e. The summed E-state index contributed by atoms with van der Waals surface area (Å²) in [4.78, 5) is 35.4. The van der Waals surface area contributed by atoms with Crippen molar-refractivity contribution >= 4 is 28.1 Å². The Morgan fingerprint density at radius 2 is 1.89 bits per heavy atom. The van der Waals surface area contributed by atoms with Gasteiger partial charge in [-0.1, -0.05) is 38.1 Å². The van der Waals surface area contributed by atoms with Crippen molar-refractivity contribution in [2.75, 3.05) is 13.7 Å². The average Bonchev–Trinajstić information content (AvgIpc) is 3.36. The molecule has 0 fully saturated rings. The molecule has 36 heavy (non-hydrogen) atoms. The molecule has 1 atom stereocenters. The highest BCUT2D eigenvalue weighted by Gasteiger charge is 2.28. The SMILES string of the molecule is COc1ccc(C)cc1-n1c(C(C)N(CCC(C)C)C(=O)Cc2cccs2)nc2ccccc2c1=O. The van der Waals surface area contributed by atoms with Crippen LogP contribution in [0.25, 0.3) is 16.6 Å². The van der Waals surface area contributed by atoms with Crippen LogP contribution in [0, 0.1) is 12.8 Å². The zero-order chi connectivity index (χ0) is 25.8. The number of aromatic nitrogens is 2. The molecule has 0 bridgehead atoms. The number of nitrogens with zero attached hydrogens (tertiary/aromatic N) is 3. The fraction of sp³-hybridized carbons (Fsp3) is 0.345. The van der Waals surface area contributed by atoms with Gasteiger partial charge in [0.25, 0.3) is 5.56 Å². The van der Waals surface area contributed by atoms with Crippen LogP contribution in [0.1, 0.15) is 49.5 Å². The monoisotopic (exact) mass is 503 g/mol. The molecule has 4 aromatic rings. The van der Waals surface area contributed by atoms with Gasteiger partial charge in [-0.05, 0) is 67.5 Å². The molecule has 0 aliphatic rings. The molecular formula is C29H33N3O3S. The molecule has 2 aromatic heterocycles. The molecule has 0 aliphatic carbocycles. The van der Waals surface area contributed by atoms with Crippen LogP contribution >= 0.6 is 11.3 Å². The number of carbonyl (C=O) groups excluding carboxylic acids is 1. The predicted molar refractivity (Wildman–Crippen MR) is 146 cm³/mol. The molecule has 0 radical (unpaired) electrons. The fourth-order valence-electron chi connectivity index (χ4n) is 4.37. The van der Waals surface area contributed by atoms with E-state index in [0.717, 1.165) is 16.9 Å². The van der Waals surface area contributed by atoms with E-state index < -0.39 is 6.04 Å². The van der Waals surface area contributed by atoms with E-state index in [-0.39, 0.29) is 11.5 Å². The van der Waals surface area contributed by atoms with Gasteiger partial charge in [-0.3, -0.25) is 14.2 Å². The van der Waals surface area contributed by atoms with Gasteiger partial charge in [0.15, 0.2) is 0 Å². The summed E-state index contributed by atoms with van der Waals surface area (Å²) in [7, 11) is 1.59. The maximum atomic E-state index is 13.9. The topological polar surface area (TPSA) is 64.4 Å². The molecule has 0 N–H and O–H groups in total. The summed E-state index contributed by atoms with van der Waals surface area (Å²) in [6.45, 7) is 8.81. The van der Waals surface area contributed by atoms with Gasteiger partial charge in [0.1, 0.15) is 11.6 Å². The molecule has 1 amide bonds. The lowest BCUT2D eigenvalue weighted by Crippen LogP contribution is -2.39. The lowest BCUT2D eigenvalue weighted by atomic mass is 10.1. The number of ether oxygens (including phenoxy) is 1. The van der Waals surface area contributed by atoms with E-state index in [0.29, 0.717) is 47.0 Å². The number of aryl methyl sites for hydroxylation is 1. The maximum Gasteiger partial charge on any atom is 0.266 e. The molecular weight excluding hydrogens is 470 g/mol. The smallest absolute Gasteiger partial charge is 0.266 e. The van der Waals surface area contributed by atoms with E-state index in [9.17, 15) is 9.59 Å². The van der Waals surface area contributed by atoms with Gasteiger partial charge in [-0.2, -0.15) is 0 Å². The van der Waals surface area contributed by atoms with Gasteiger partial charge in [-0.15, -0.1) is 11.3 Å². The van der Waals surface area contributed by atoms with Crippen LogP contribution in [0.5, 0.6) is 5.75 Å². The molecule has 4 rings (SSSR count). The van der Waals surface area contributed by atoms with E-state index in [1.54, 1.807) is 29.1 Å². The molecule has 0 aliphatic heterocycles. The van der Waals surface area contributed by atoms with E-state index in [1.807, 2.05) is 72.7 Å². The highest BCUT2D eigenvalue weighted by Crippen LogP contribution is 2.29. The van der Waals surface area contributed by atoms with Gasteiger partial charge in [-0.25, -0.2) is 4.98 Å². The van der Waals surface area contributed by atoms with Crippen molar-refractivity contribution in [3.8, 4) is 11.4 Å². The van der Waals surface area contributed by atoms with Crippen molar-refractivity contribution in [3.05, 3.63) is 86.6 Å². The second-order valence-electron chi connectivity index (χ2n) is 9.50. The molecule has 0 saturated carbocycles. The Labute approximate surface area is 216 Å². The van der Waals surface area contributed by atoms with Gasteiger partial charge >= 0.3 is 0 Å². The molecule has 2 heterocycles. The molecule has 6 nitrogen and oxygen atoms in total. The van der Waals surface area contributed by atoms with Crippen LogP contribution in [0.15, 0.2) is 64.8 Å². The predicted octanol–water partition coefficient (Wildman–Crippen LogP) is 5.94. The number of fused-ring (bicyclic) bond motifs is 1. The number of benzene rings is 2. The number of para-hydroxylation sites is 1. The number of hydrogen-bond acceptors (Lipinski definition) is 5. The Morgan fingerprint density at radius 3 is 2.58 bits per heavy atom. The molecule has 0 saturated heterocycles. The standard InChI is InChI=1S/C29H33N3O3S/c1-19(2)14-15-31(27(33)18-22-9-8-16-36-22)21(4)28-30-24-11-7-6-10-23(24)29(34)32(28)25-17-20(3)12-13-26(25)35-5/h6-13,16-17,19,21H,14-15,18H2,1-5H3. The summed E-state index contributed by atoms with van der Waals surface area (Å²) in [6.07, 6.45) is 1.18. The number of hydrogen-bond donors (Lipinski definition) is 0. The third-order valence-electron chi connectivity index (χ3n) is 6.39. The van der Waals surface area contributed by atoms with Crippen molar-refractivity contribution in [3.63, 3.8) is 0 Å². The zero-order valence-electron chi connectivity index (χ0n) is 21.5. The van der Waals surface area contributed by atoms with Crippen LogP contribution in [-0.2, 0) is 11.2 Å². The minimum absolute atomic E-state index is 0.0239. The van der Waals surface area contributed by atoms with E-state index in [2.05, 4.69) is 13.8 Å². The number of methoxy groups -OCH3 is 1. The highest BCUT2D eigenvalue weighted by molar-refractivity contribution is 7.10. The van der Waals surface area contributed by atoms with Crippen LogP contribution in [0.2, 0.25) is 0 Å². The summed E-state index contributed by atoms with van der Waals surface area (Å²) >= 11 is 1.58. The van der Waals surface area contributed by atoms with E-state index in [1.165, 1.54) is 0 Å².